The lowest BCUT2D eigenvalue weighted by Crippen LogP contribution is -2.40. The van der Waals surface area contributed by atoms with Gasteiger partial charge in [-0.3, -0.25) is 4.79 Å². The van der Waals surface area contributed by atoms with Crippen LogP contribution in [-0.2, 0) is 0 Å². The number of likely N-dealkylation sites (tertiary alicyclic amines) is 1. The van der Waals surface area contributed by atoms with Gasteiger partial charge in [0.25, 0.3) is 5.91 Å². The van der Waals surface area contributed by atoms with Crippen LogP contribution in [0.2, 0.25) is 0 Å². The number of thiophene rings is 1. The van der Waals surface area contributed by atoms with Crippen LogP contribution in [0.15, 0.2) is 30.3 Å². The second kappa shape index (κ2) is 8.67. The van der Waals surface area contributed by atoms with Gasteiger partial charge < -0.3 is 15.0 Å². The summed E-state index contributed by atoms with van der Waals surface area (Å²) in [5.74, 6) is 2.33. The van der Waals surface area contributed by atoms with Crippen molar-refractivity contribution in [3.05, 3.63) is 35.2 Å². The van der Waals surface area contributed by atoms with Crippen LogP contribution < -0.4 is 10.1 Å². The Balaban J connectivity index is 1.36. The molecule has 2 aromatic heterocycles. The SMILES string of the molecule is COc1ccc2cc3cc(C(=O)NCCCN4C[C@H](C)C[C@H](C)C4)sc3nc2c1. The average Bonchev–Trinajstić information content (AvgIpc) is 3.11. The molecule has 1 saturated heterocycles. The van der Waals surface area contributed by atoms with Crippen LogP contribution in [0.1, 0.15) is 36.4 Å². The first-order chi connectivity index (χ1) is 14.0. The Kier molecular flexibility index (Phi) is 6.01. The number of fused-ring (bicyclic) bond motifs is 2. The summed E-state index contributed by atoms with van der Waals surface area (Å²) in [4.78, 5) is 21.4. The molecule has 0 unspecified atom stereocenters. The molecular weight excluding hydrogens is 382 g/mol. The summed E-state index contributed by atoms with van der Waals surface area (Å²) >= 11 is 1.45. The zero-order chi connectivity index (χ0) is 20.4. The fourth-order valence-corrected chi connectivity index (χ4v) is 5.35. The van der Waals surface area contributed by atoms with Crippen molar-refractivity contribution in [1.29, 1.82) is 0 Å². The first-order valence-corrected chi connectivity index (χ1v) is 11.2. The molecule has 29 heavy (non-hydrogen) atoms. The van der Waals surface area contributed by atoms with Gasteiger partial charge in [-0.25, -0.2) is 4.98 Å². The number of rotatable bonds is 6. The lowest BCUT2D eigenvalue weighted by molar-refractivity contribution is 0.0951. The molecule has 1 amide bonds. The molecule has 2 atom stereocenters. The van der Waals surface area contributed by atoms with Crippen molar-refractivity contribution in [2.45, 2.75) is 26.7 Å². The Labute approximate surface area is 176 Å². The van der Waals surface area contributed by atoms with Crippen LogP contribution in [0.25, 0.3) is 21.1 Å². The number of hydrogen-bond acceptors (Lipinski definition) is 5. The molecule has 3 aromatic rings. The summed E-state index contributed by atoms with van der Waals surface area (Å²) in [7, 11) is 1.65. The fraction of sp³-hybridized carbons (Fsp3) is 0.478. The summed E-state index contributed by atoms with van der Waals surface area (Å²) in [6.45, 7) is 8.78. The molecule has 154 valence electrons. The molecule has 1 aliphatic heterocycles. The number of piperidine rings is 1. The number of nitrogens with one attached hydrogen (secondary N) is 1. The van der Waals surface area contributed by atoms with E-state index in [1.54, 1.807) is 7.11 Å². The normalized spacial score (nSPS) is 20.2. The number of pyridine rings is 1. The number of hydrogen-bond donors (Lipinski definition) is 1. The fourth-order valence-electron chi connectivity index (χ4n) is 4.41. The Morgan fingerprint density at radius 2 is 2.00 bits per heavy atom. The van der Waals surface area contributed by atoms with Gasteiger partial charge in [-0.2, -0.15) is 0 Å². The van der Waals surface area contributed by atoms with Gasteiger partial charge in [0.2, 0.25) is 0 Å². The highest BCUT2D eigenvalue weighted by Crippen LogP contribution is 2.29. The highest BCUT2D eigenvalue weighted by molar-refractivity contribution is 7.20. The summed E-state index contributed by atoms with van der Waals surface area (Å²) in [6, 6.07) is 9.89. The van der Waals surface area contributed by atoms with Gasteiger partial charge in [0.15, 0.2) is 0 Å². The van der Waals surface area contributed by atoms with Gasteiger partial charge in [-0.15, -0.1) is 11.3 Å². The Bertz CT molecular complexity index is 1010. The number of ether oxygens (including phenoxy) is 1. The van der Waals surface area contributed by atoms with E-state index in [-0.39, 0.29) is 5.91 Å². The Morgan fingerprint density at radius 1 is 1.21 bits per heavy atom. The quantitative estimate of drug-likeness (QED) is 0.605. The van der Waals surface area contributed by atoms with Crippen molar-refractivity contribution in [2.75, 3.05) is 33.3 Å². The first kappa shape index (κ1) is 20.1. The molecule has 5 nitrogen and oxygen atoms in total. The molecule has 0 spiro atoms. The van der Waals surface area contributed by atoms with Gasteiger partial charge in [0, 0.05) is 36.5 Å². The van der Waals surface area contributed by atoms with Crippen LogP contribution in [0.4, 0.5) is 0 Å². The number of methoxy groups -OCH3 is 1. The molecule has 3 heterocycles. The van der Waals surface area contributed by atoms with E-state index in [4.69, 9.17) is 9.72 Å². The lowest BCUT2D eigenvalue weighted by atomic mass is 9.92. The van der Waals surface area contributed by atoms with Crippen molar-refractivity contribution in [3.8, 4) is 5.75 Å². The van der Waals surface area contributed by atoms with Crippen LogP contribution in [0, 0.1) is 11.8 Å². The zero-order valence-corrected chi connectivity index (χ0v) is 18.2. The number of amides is 1. The molecule has 0 radical (unpaired) electrons. The van der Waals surface area contributed by atoms with E-state index in [1.165, 1.54) is 30.8 Å². The zero-order valence-electron chi connectivity index (χ0n) is 17.4. The third-order valence-corrected chi connectivity index (χ3v) is 6.66. The van der Waals surface area contributed by atoms with Gasteiger partial charge in [-0.1, -0.05) is 13.8 Å². The van der Waals surface area contributed by atoms with Crippen LogP contribution in [0.3, 0.4) is 0 Å². The number of aromatic nitrogens is 1. The summed E-state index contributed by atoms with van der Waals surface area (Å²) < 4.78 is 5.28. The number of nitrogens with zero attached hydrogens (tertiary/aromatic N) is 2. The number of carbonyl (C=O) groups is 1. The van der Waals surface area contributed by atoms with Crippen molar-refractivity contribution in [3.63, 3.8) is 0 Å². The second-order valence-electron chi connectivity index (χ2n) is 8.37. The van der Waals surface area contributed by atoms with Gasteiger partial charge in [0.05, 0.1) is 17.5 Å². The van der Waals surface area contributed by atoms with E-state index in [1.807, 2.05) is 24.3 Å². The molecule has 1 N–H and O–H groups in total. The standard InChI is InChI=1S/C23H29N3O2S/c1-15-9-16(2)14-26(13-15)8-4-7-24-22(27)21-11-18-10-17-5-6-19(28-3)12-20(17)25-23(18)29-21/h5-6,10-12,15-16H,4,7-9,13-14H2,1-3H3,(H,24,27)/t15-,16+. The highest BCUT2D eigenvalue weighted by Gasteiger charge is 2.21. The smallest absolute Gasteiger partial charge is 0.261 e. The van der Waals surface area contributed by atoms with Crippen LogP contribution in [0.5, 0.6) is 5.75 Å². The van der Waals surface area contributed by atoms with Gasteiger partial charge in [-0.05, 0) is 55.5 Å². The van der Waals surface area contributed by atoms with E-state index < -0.39 is 0 Å². The average molecular weight is 412 g/mol. The largest absolute Gasteiger partial charge is 0.497 e. The maximum Gasteiger partial charge on any atom is 0.261 e. The third-order valence-electron chi connectivity index (χ3n) is 5.62. The van der Waals surface area contributed by atoms with Crippen molar-refractivity contribution >= 4 is 38.4 Å². The first-order valence-electron chi connectivity index (χ1n) is 10.4. The van der Waals surface area contributed by atoms with Crippen molar-refractivity contribution in [1.82, 2.24) is 15.2 Å². The minimum absolute atomic E-state index is 0.00461. The topological polar surface area (TPSA) is 54.5 Å². The van der Waals surface area contributed by atoms with Crippen molar-refractivity contribution < 1.29 is 9.53 Å². The van der Waals surface area contributed by atoms with Gasteiger partial charge >= 0.3 is 0 Å². The predicted octanol–water partition coefficient (Wildman–Crippen LogP) is 4.56. The monoisotopic (exact) mass is 411 g/mol. The molecule has 0 saturated carbocycles. The highest BCUT2D eigenvalue weighted by atomic mass is 32.1. The van der Waals surface area contributed by atoms with Crippen LogP contribution >= 0.6 is 11.3 Å². The number of benzene rings is 1. The maximum absolute atomic E-state index is 12.6. The van der Waals surface area contributed by atoms with E-state index in [2.05, 4.69) is 30.1 Å². The lowest BCUT2D eigenvalue weighted by Gasteiger charge is -2.34. The third kappa shape index (κ3) is 4.70. The minimum Gasteiger partial charge on any atom is -0.497 e. The molecule has 1 aliphatic rings. The predicted molar refractivity (Wildman–Crippen MR) is 120 cm³/mol. The molecule has 0 bridgehead atoms. The van der Waals surface area contributed by atoms with Crippen molar-refractivity contribution in [2.24, 2.45) is 11.8 Å². The minimum atomic E-state index is -0.00461. The molecular formula is C23H29N3O2S. The molecule has 6 heteroatoms. The molecule has 1 fully saturated rings. The van der Waals surface area contributed by atoms with Crippen LogP contribution in [-0.4, -0.2) is 49.1 Å². The molecule has 0 aliphatic carbocycles. The van der Waals surface area contributed by atoms with E-state index in [9.17, 15) is 4.79 Å². The van der Waals surface area contributed by atoms with Gasteiger partial charge in [0.1, 0.15) is 10.6 Å². The molecule has 1 aromatic carbocycles. The Morgan fingerprint density at radius 3 is 2.76 bits per heavy atom. The number of carbonyl (C=O) groups excluding carboxylic acids is 1. The molecule has 4 rings (SSSR count). The van der Waals surface area contributed by atoms with E-state index >= 15 is 0 Å². The summed E-state index contributed by atoms with van der Waals surface area (Å²) in [6.07, 6.45) is 2.31. The summed E-state index contributed by atoms with van der Waals surface area (Å²) in [5, 5.41) is 5.14. The van der Waals surface area contributed by atoms with E-state index in [0.717, 1.165) is 56.5 Å². The Hall–Kier alpha value is -2.18. The maximum atomic E-state index is 12.6. The summed E-state index contributed by atoms with van der Waals surface area (Å²) in [5.41, 5.74) is 0.885. The second-order valence-corrected chi connectivity index (χ2v) is 9.40. The van der Waals surface area contributed by atoms with E-state index in [0.29, 0.717) is 6.54 Å².